The monoisotopic (exact) mass is 359 g/mol. The molecule has 0 aliphatic carbocycles. The summed E-state index contributed by atoms with van der Waals surface area (Å²) < 4.78 is 0. The molecule has 2 aromatic carbocycles. The van der Waals surface area contributed by atoms with Gasteiger partial charge in [-0.15, -0.1) is 0 Å². The highest BCUT2D eigenvalue weighted by Crippen LogP contribution is 2.27. The summed E-state index contributed by atoms with van der Waals surface area (Å²) in [6.45, 7) is -0.731. The molecule has 2 rings (SSSR count). The van der Waals surface area contributed by atoms with Gasteiger partial charge in [-0.1, -0.05) is 18.2 Å². The van der Waals surface area contributed by atoms with E-state index in [0.717, 1.165) is 0 Å². The van der Waals surface area contributed by atoms with Gasteiger partial charge in [-0.05, 0) is 29.3 Å². The summed E-state index contributed by atoms with van der Waals surface area (Å²) in [5.74, 6) is 0. The third-order valence-electron chi connectivity index (χ3n) is 3.59. The first-order valence-electron chi connectivity index (χ1n) is 7.64. The second-order valence-corrected chi connectivity index (χ2v) is 5.42. The predicted octanol–water partition coefficient (Wildman–Crippen LogP) is 2.44. The lowest BCUT2D eigenvalue weighted by Crippen LogP contribution is -2.27. The molecule has 0 aliphatic rings. The van der Waals surface area contributed by atoms with Crippen molar-refractivity contribution in [3.8, 4) is 0 Å². The van der Waals surface area contributed by atoms with Crippen molar-refractivity contribution in [2.24, 2.45) is 0 Å². The Balaban J connectivity index is 2.23. The van der Waals surface area contributed by atoms with E-state index in [1.807, 2.05) is 0 Å². The molecule has 0 aromatic heterocycles. The number of nitro benzene ring substituents is 2. The van der Waals surface area contributed by atoms with Gasteiger partial charge in [0.2, 0.25) is 0 Å². The van der Waals surface area contributed by atoms with Gasteiger partial charge >= 0.3 is 0 Å². The molecule has 0 aliphatic heterocycles. The zero-order chi connectivity index (χ0) is 19.1. The van der Waals surface area contributed by atoms with Crippen molar-refractivity contribution >= 4 is 29.2 Å². The van der Waals surface area contributed by atoms with E-state index in [9.17, 15) is 20.2 Å². The van der Waals surface area contributed by atoms with Gasteiger partial charge < -0.3 is 15.5 Å². The number of anilines is 1. The zero-order valence-corrected chi connectivity index (χ0v) is 13.6. The van der Waals surface area contributed by atoms with Crippen LogP contribution in [-0.2, 0) is 0 Å². The molecule has 136 valence electrons. The lowest BCUT2D eigenvalue weighted by molar-refractivity contribution is -0.384. The van der Waals surface area contributed by atoms with Gasteiger partial charge in [0.1, 0.15) is 5.69 Å². The van der Waals surface area contributed by atoms with E-state index in [4.69, 9.17) is 10.2 Å². The minimum Gasteiger partial charge on any atom is -0.394 e. The minimum atomic E-state index is -0.699. The van der Waals surface area contributed by atoms with Gasteiger partial charge in [-0.25, -0.2) is 0 Å². The van der Waals surface area contributed by atoms with E-state index in [1.165, 1.54) is 24.3 Å². The maximum atomic E-state index is 11.3. The highest BCUT2D eigenvalue weighted by Gasteiger charge is 2.17. The Labute approximate surface area is 148 Å². The maximum Gasteiger partial charge on any atom is 0.292 e. The van der Waals surface area contributed by atoms with Crippen molar-refractivity contribution in [1.29, 1.82) is 0 Å². The topological polar surface area (TPSA) is 139 Å². The zero-order valence-electron chi connectivity index (χ0n) is 13.6. The van der Waals surface area contributed by atoms with E-state index in [-0.39, 0.29) is 30.3 Å². The van der Waals surface area contributed by atoms with Gasteiger partial charge in [0.05, 0.1) is 29.1 Å². The van der Waals surface area contributed by atoms with E-state index in [2.05, 4.69) is 5.32 Å². The van der Waals surface area contributed by atoms with Crippen molar-refractivity contribution in [2.45, 2.75) is 6.04 Å². The first-order valence-corrected chi connectivity index (χ1v) is 7.64. The quantitative estimate of drug-likeness (QED) is 0.374. The SMILES string of the molecule is O=[N+]([O-])c1ccc(/C=C/c2ccc(NC(CO)CO)c([N+](=O)[O-])c2)cc1. The number of hydrogen-bond acceptors (Lipinski definition) is 7. The van der Waals surface area contributed by atoms with E-state index in [1.54, 1.807) is 30.4 Å². The highest BCUT2D eigenvalue weighted by molar-refractivity contribution is 5.74. The summed E-state index contributed by atoms with van der Waals surface area (Å²) in [6, 6.07) is 9.69. The van der Waals surface area contributed by atoms with Crippen LogP contribution in [0.4, 0.5) is 17.1 Å². The van der Waals surface area contributed by atoms with Crippen LogP contribution in [0, 0.1) is 20.2 Å². The first-order chi connectivity index (χ1) is 12.4. The number of nitro groups is 2. The lowest BCUT2D eigenvalue weighted by atomic mass is 10.1. The standard InChI is InChI=1S/C17H17N3O6/c21-10-14(11-22)18-16-8-5-13(9-17(16)20(25)26)2-1-12-3-6-15(7-4-12)19(23)24/h1-9,14,18,21-22H,10-11H2/b2-1+. The molecule has 0 radical (unpaired) electrons. The van der Waals surface area contributed by atoms with Crippen LogP contribution in [0.2, 0.25) is 0 Å². The molecule has 0 unspecified atom stereocenters. The Morgan fingerprint density at radius 3 is 2.04 bits per heavy atom. The Hall–Kier alpha value is -3.30. The second-order valence-electron chi connectivity index (χ2n) is 5.42. The van der Waals surface area contributed by atoms with Crippen LogP contribution in [0.3, 0.4) is 0 Å². The molecule has 26 heavy (non-hydrogen) atoms. The van der Waals surface area contributed by atoms with Crippen LogP contribution in [0.5, 0.6) is 0 Å². The molecule has 0 bridgehead atoms. The predicted molar refractivity (Wildman–Crippen MR) is 96.7 cm³/mol. The Bertz CT molecular complexity index is 816. The molecule has 0 heterocycles. The van der Waals surface area contributed by atoms with Gasteiger partial charge in [-0.3, -0.25) is 20.2 Å². The van der Waals surface area contributed by atoms with Crippen molar-refractivity contribution in [3.05, 3.63) is 73.8 Å². The van der Waals surface area contributed by atoms with Crippen LogP contribution in [0.25, 0.3) is 12.2 Å². The third-order valence-corrected chi connectivity index (χ3v) is 3.59. The van der Waals surface area contributed by atoms with Gasteiger partial charge in [0, 0.05) is 18.2 Å². The number of rotatable bonds is 8. The number of nitrogens with zero attached hydrogens (tertiary/aromatic N) is 2. The summed E-state index contributed by atoms with van der Waals surface area (Å²) in [7, 11) is 0. The van der Waals surface area contributed by atoms with Gasteiger partial charge in [0.15, 0.2) is 0 Å². The number of aliphatic hydroxyl groups excluding tert-OH is 2. The molecule has 0 saturated carbocycles. The number of nitrogens with one attached hydrogen (secondary N) is 1. The normalized spacial score (nSPS) is 11.0. The van der Waals surface area contributed by atoms with Gasteiger partial charge in [-0.2, -0.15) is 0 Å². The van der Waals surface area contributed by atoms with Crippen LogP contribution in [0.15, 0.2) is 42.5 Å². The van der Waals surface area contributed by atoms with Crippen LogP contribution in [0.1, 0.15) is 11.1 Å². The fourth-order valence-electron chi connectivity index (χ4n) is 2.19. The Kier molecular flexibility index (Phi) is 6.36. The molecule has 0 spiro atoms. The van der Waals surface area contributed by atoms with E-state index >= 15 is 0 Å². The Morgan fingerprint density at radius 1 is 0.923 bits per heavy atom. The fraction of sp³-hybridized carbons (Fsp3) is 0.176. The van der Waals surface area contributed by atoms with Crippen molar-refractivity contribution in [2.75, 3.05) is 18.5 Å². The molecule has 3 N–H and O–H groups in total. The third kappa shape index (κ3) is 4.85. The molecule has 0 fully saturated rings. The summed E-state index contributed by atoms with van der Waals surface area (Å²) in [5.41, 5.74) is 1.25. The average molecular weight is 359 g/mol. The molecule has 0 amide bonds. The van der Waals surface area contributed by atoms with Gasteiger partial charge in [0.25, 0.3) is 11.4 Å². The summed E-state index contributed by atoms with van der Waals surface area (Å²) in [5, 5.41) is 42.8. The molecule has 0 saturated heterocycles. The Morgan fingerprint density at radius 2 is 1.50 bits per heavy atom. The summed E-state index contributed by atoms with van der Waals surface area (Å²) in [6.07, 6.45) is 3.33. The summed E-state index contributed by atoms with van der Waals surface area (Å²) in [4.78, 5) is 20.8. The highest BCUT2D eigenvalue weighted by atomic mass is 16.6. The second kappa shape index (κ2) is 8.70. The largest absolute Gasteiger partial charge is 0.394 e. The molecular formula is C17H17N3O6. The van der Waals surface area contributed by atoms with E-state index in [0.29, 0.717) is 11.1 Å². The molecule has 9 heteroatoms. The average Bonchev–Trinajstić information content (AvgIpc) is 2.65. The molecule has 9 nitrogen and oxygen atoms in total. The van der Waals surface area contributed by atoms with Crippen molar-refractivity contribution in [3.63, 3.8) is 0 Å². The smallest absolute Gasteiger partial charge is 0.292 e. The lowest BCUT2D eigenvalue weighted by Gasteiger charge is -2.15. The minimum absolute atomic E-state index is 0.0180. The van der Waals surface area contributed by atoms with Crippen LogP contribution in [-0.4, -0.2) is 39.3 Å². The summed E-state index contributed by atoms with van der Waals surface area (Å²) >= 11 is 0. The van der Waals surface area contributed by atoms with E-state index < -0.39 is 15.9 Å². The number of benzene rings is 2. The first kappa shape index (κ1) is 19.0. The molecular weight excluding hydrogens is 342 g/mol. The maximum absolute atomic E-state index is 11.3. The number of hydrogen-bond donors (Lipinski definition) is 3. The van der Waals surface area contributed by atoms with Crippen LogP contribution >= 0.6 is 0 Å². The molecule has 0 atom stereocenters. The van der Waals surface area contributed by atoms with Crippen molar-refractivity contribution in [1.82, 2.24) is 0 Å². The van der Waals surface area contributed by atoms with Crippen molar-refractivity contribution < 1.29 is 20.1 Å². The number of non-ortho nitro benzene ring substituents is 1. The fourth-order valence-corrected chi connectivity index (χ4v) is 2.19. The van der Waals surface area contributed by atoms with Crippen LogP contribution < -0.4 is 5.32 Å². The number of aliphatic hydroxyl groups is 2. The molecule has 2 aromatic rings.